The maximum atomic E-state index is 13.6. The lowest BCUT2D eigenvalue weighted by atomic mass is 10.1. The van der Waals surface area contributed by atoms with E-state index in [9.17, 15) is 9.18 Å². The van der Waals surface area contributed by atoms with Crippen LogP contribution in [0, 0.1) is 5.82 Å². The van der Waals surface area contributed by atoms with Gasteiger partial charge in [0.1, 0.15) is 0 Å². The molecule has 4 nitrogen and oxygen atoms in total. The number of hydrogen-bond donors (Lipinski definition) is 1. The molecule has 1 rings (SSSR count). The van der Waals surface area contributed by atoms with Gasteiger partial charge in [0.25, 0.3) is 0 Å². The predicted octanol–water partition coefficient (Wildman–Crippen LogP) is 1.79. The van der Waals surface area contributed by atoms with Crippen molar-refractivity contribution in [2.75, 3.05) is 20.7 Å². The Morgan fingerprint density at radius 2 is 2.21 bits per heavy atom. The van der Waals surface area contributed by atoms with Crippen LogP contribution in [0.5, 0.6) is 5.75 Å². The topological polar surface area (TPSA) is 41.6 Å². The molecule has 1 unspecified atom stereocenters. The van der Waals surface area contributed by atoms with Crippen LogP contribution in [-0.2, 0) is 11.3 Å². The van der Waals surface area contributed by atoms with E-state index in [1.54, 1.807) is 31.0 Å². The predicted molar refractivity (Wildman–Crippen MR) is 72.6 cm³/mol. The number of carbonyl (C=O) groups is 1. The van der Waals surface area contributed by atoms with Gasteiger partial charge in [0.05, 0.1) is 13.2 Å². The number of rotatable bonds is 6. The lowest BCUT2D eigenvalue weighted by Gasteiger charge is -2.24. The molecular weight excluding hydrogens is 247 g/mol. The minimum atomic E-state index is -0.412. The van der Waals surface area contributed by atoms with Crippen molar-refractivity contribution < 1.29 is 13.9 Å². The second kappa shape index (κ2) is 7.09. The first-order chi connectivity index (χ1) is 9.03. The average molecular weight is 268 g/mol. The van der Waals surface area contributed by atoms with Crippen molar-refractivity contribution in [2.24, 2.45) is 0 Å². The molecule has 1 aromatic rings. The number of nitrogens with one attached hydrogen (secondary N) is 1. The molecule has 0 saturated heterocycles. The Bertz CT molecular complexity index is 437. The average Bonchev–Trinajstić information content (AvgIpc) is 2.43. The normalized spacial score (nSPS) is 12.1. The molecule has 0 radical (unpaired) electrons. The summed E-state index contributed by atoms with van der Waals surface area (Å²) in [5.74, 6) is -0.201. The van der Waals surface area contributed by atoms with Crippen molar-refractivity contribution in [3.05, 3.63) is 29.6 Å². The van der Waals surface area contributed by atoms with Gasteiger partial charge >= 0.3 is 0 Å². The highest BCUT2D eigenvalue weighted by molar-refractivity contribution is 5.81. The molecule has 0 bridgehead atoms. The van der Waals surface area contributed by atoms with Crippen LogP contribution in [0.3, 0.4) is 0 Å². The highest BCUT2D eigenvalue weighted by atomic mass is 19.1. The number of likely N-dealkylation sites (N-methyl/N-ethyl adjacent to an activating group) is 2. The van der Waals surface area contributed by atoms with Crippen LogP contribution < -0.4 is 10.1 Å². The molecular formula is C14H21FN2O2. The zero-order valence-corrected chi connectivity index (χ0v) is 11.9. The zero-order valence-electron chi connectivity index (χ0n) is 11.9. The summed E-state index contributed by atoms with van der Waals surface area (Å²) in [5, 5.41) is 2.91. The fourth-order valence-electron chi connectivity index (χ4n) is 1.77. The summed E-state index contributed by atoms with van der Waals surface area (Å²) in [7, 11) is 3.16. The maximum Gasteiger partial charge on any atom is 0.239 e. The molecule has 0 aromatic heterocycles. The second-order valence-electron chi connectivity index (χ2n) is 4.33. The Hall–Kier alpha value is -1.62. The second-order valence-corrected chi connectivity index (χ2v) is 4.33. The molecule has 0 fully saturated rings. The van der Waals surface area contributed by atoms with Crippen molar-refractivity contribution in [1.29, 1.82) is 0 Å². The minimum absolute atomic E-state index is 0.00114. The molecule has 0 heterocycles. The van der Waals surface area contributed by atoms with E-state index in [0.717, 1.165) is 5.56 Å². The van der Waals surface area contributed by atoms with Crippen molar-refractivity contribution in [3.8, 4) is 5.75 Å². The SMILES string of the molecule is CCN(Cc1ccc(OC)c(F)c1)C(=O)C(C)NC. The van der Waals surface area contributed by atoms with Crippen molar-refractivity contribution in [3.63, 3.8) is 0 Å². The molecule has 0 saturated carbocycles. The van der Waals surface area contributed by atoms with Gasteiger partial charge in [-0.3, -0.25) is 4.79 Å². The van der Waals surface area contributed by atoms with E-state index in [4.69, 9.17) is 4.74 Å². The number of benzene rings is 1. The Kier molecular flexibility index (Phi) is 5.76. The number of methoxy groups -OCH3 is 1. The van der Waals surface area contributed by atoms with Crippen molar-refractivity contribution in [2.45, 2.75) is 26.4 Å². The number of amides is 1. The smallest absolute Gasteiger partial charge is 0.239 e. The maximum absolute atomic E-state index is 13.6. The Morgan fingerprint density at radius 3 is 2.68 bits per heavy atom. The van der Waals surface area contributed by atoms with Crippen LogP contribution in [0.4, 0.5) is 4.39 Å². The first-order valence-electron chi connectivity index (χ1n) is 6.31. The van der Waals surface area contributed by atoms with Gasteiger partial charge in [0, 0.05) is 13.1 Å². The minimum Gasteiger partial charge on any atom is -0.494 e. The van der Waals surface area contributed by atoms with Gasteiger partial charge in [-0.05, 0) is 38.6 Å². The lowest BCUT2D eigenvalue weighted by Crippen LogP contribution is -2.43. The van der Waals surface area contributed by atoms with E-state index in [2.05, 4.69) is 5.32 Å². The van der Waals surface area contributed by atoms with Crippen molar-refractivity contribution in [1.82, 2.24) is 10.2 Å². The fourth-order valence-corrected chi connectivity index (χ4v) is 1.77. The molecule has 1 atom stereocenters. The highest BCUT2D eigenvalue weighted by Crippen LogP contribution is 2.18. The third-order valence-corrected chi connectivity index (χ3v) is 3.09. The number of ether oxygens (including phenoxy) is 1. The largest absolute Gasteiger partial charge is 0.494 e. The Labute approximate surface area is 113 Å². The standard InChI is InChI=1S/C14H21FN2O2/c1-5-17(14(18)10(2)16-3)9-11-6-7-13(19-4)12(15)8-11/h6-8,10,16H,5,9H2,1-4H3. The summed E-state index contributed by atoms with van der Waals surface area (Å²) in [4.78, 5) is 13.7. The van der Waals surface area contributed by atoms with Crippen LogP contribution in [0.25, 0.3) is 0 Å². The molecule has 0 spiro atoms. The van der Waals surface area contributed by atoms with Gasteiger partial charge in [-0.1, -0.05) is 6.07 Å². The highest BCUT2D eigenvalue weighted by Gasteiger charge is 2.18. The van der Waals surface area contributed by atoms with E-state index in [-0.39, 0.29) is 17.7 Å². The molecule has 1 aromatic carbocycles. The number of halogens is 1. The molecule has 0 aliphatic carbocycles. The molecule has 0 aliphatic heterocycles. The molecule has 5 heteroatoms. The van der Waals surface area contributed by atoms with E-state index in [0.29, 0.717) is 13.1 Å². The Balaban J connectivity index is 2.81. The van der Waals surface area contributed by atoms with Crippen LogP contribution in [0.15, 0.2) is 18.2 Å². The first kappa shape index (κ1) is 15.4. The van der Waals surface area contributed by atoms with E-state index in [1.165, 1.54) is 13.2 Å². The third-order valence-electron chi connectivity index (χ3n) is 3.09. The van der Waals surface area contributed by atoms with Crippen LogP contribution in [-0.4, -0.2) is 37.6 Å². The summed E-state index contributed by atoms with van der Waals surface area (Å²) in [6.45, 7) is 4.68. The molecule has 1 N–H and O–H groups in total. The number of nitrogens with zero attached hydrogens (tertiary/aromatic N) is 1. The van der Waals surface area contributed by atoms with Crippen LogP contribution in [0.2, 0.25) is 0 Å². The number of carbonyl (C=O) groups excluding carboxylic acids is 1. The lowest BCUT2D eigenvalue weighted by molar-refractivity contribution is -0.133. The first-order valence-corrected chi connectivity index (χ1v) is 6.31. The summed E-state index contributed by atoms with van der Waals surface area (Å²) in [6.07, 6.45) is 0. The van der Waals surface area contributed by atoms with Gasteiger partial charge < -0.3 is 15.0 Å². The van der Waals surface area contributed by atoms with Gasteiger partial charge in [-0.25, -0.2) is 4.39 Å². The molecule has 0 aliphatic rings. The molecule has 106 valence electrons. The van der Waals surface area contributed by atoms with Gasteiger partial charge in [-0.2, -0.15) is 0 Å². The summed E-state index contributed by atoms with van der Waals surface area (Å²) in [6, 6.07) is 4.49. The van der Waals surface area contributed by atoms with E-state index >= 15 is 0 Å². The van der Waals surface area contributed by atoms with Gasteiger partial charge in [-0.15, -0.1) is 0 Å². The zero-order chi connectivity index (χ0) is 14.4. The summed E-state index contributed by atoms with van der Waals surface area (Å²) in [5.41, 5.74) is 0.747. The molecule has 19 heavy (non-hydrogen) atoms. The fraction of sp³-hybridized carbons (Fsp3) is 0.500. The molecule has 1 amide bonds. The third kappa shape index (κ3) is 3.92. The quantitative estimate of drug-likeness (QED) is 0.855. The summed E-state index contributed by atoms with van der Waals surface area (Å²) >= 11 is 0. The Morgan fingerprint density at radius 1 is 1.53 bits per heavy atom. The van der Waals surface area contributed by atoms with Gasteiger partial charge in [0.2, 0.25) is 5.91 Å². The van der Waals surface area contributed by atoms with Crippen LogP contribution >= 0.6 is 0 Å². The van der Waals surface area contributed by atoms with Crippen molar-refractivity contribution >= 4 is 5.91 Å². The van der Waals surface area contributed by atoms with Crippen LogP contribution in [0.1, 0.15) is 19.4 Å². The summed E-state index contributed by atoms with van der Waals surface area (Å²) < 4.78 is 18.5. The number of hydrogen-bond acceptors (Lipinski definition) is 3. The monoisotopic (exact) mass is 268 g/mol. The van der Waals surface area contributed by atoms with E-state index < -0.39 is 5.82 Å². The van der Waals surface area contributed by atoms with E-state index in [1.807, 2.05) is 6.92 Å². The van der Waals surface area contributed by atoms with Gasteiger partial charge in [0.15, 0.2) is 11.6 Å².